The predicted octanol–water partition coefficient (Wildman–Crippen LogP) is -3.85. The summed E-state index contributed by atoms with van der Waals surface area (Å²) >= 11 is 0. The summed E-state index contributed by atoms with van der Waals surface area (Å²) in [5.41, 5.74) is 7.94. The third-order valence-electron chi connectivity index (χ3n) is 3.14. The van der Waals surface area contributed by atoms with Gasteiger partial charge < -0.3 is 45.2 Å². The SMILES string of the molecule is OC1[C@@H](O)[C@H](O)CO[C@@H]1O.[N-]=[N+]=NCC1OC(O)C(O)[C@H]1O. The lowest BCUT2D eigenvalue weighted by Crippen LogP contribution is -2.52. The van der Waals surface area contributed by atoms with Crippen molar-refractivity contribution in [1.82, 2.24) is 0 Å². The van der Waals surface area contributed by atoms with Gasteiger partial charge in [-0.1, -0.05) is 5.11 Å². The van der Waals surface area contributed by atoms with Gasteiger partial charge in [0, 0.05) is 4.91 Å². The molecule has 2 aliphatic rings. The molecule has 2 rings (SSSR count). The van der Waals surface area contributed by atoms with Gasteiger partial charge in [-0.2, -0.15) is 0 Å². The van der Waals surface area contributed by atoms with Crippen molar-refractivity contribution in [3.05, 3.63) is 10.4 Å². The van der Waals surface area contributed by atoms with E-state index in [-0.39, 0.29) is 13.2 Å². The highest BCUT2D eigenvalue weighted by atomic mass is 16.6. The highest BCUT2D eigenvalue weighted by Crippen LogP contribution is 2.19. The van der Waals surface area contributed by atoms with E-state index in [1.807, 2.05) is 0 Å². The molecule has 0 amide bonds. The van der Waals surface area contributed by atoms with E-state index in [0.29, 0.717) is 0 Å². The molecular formula is C10H19N3O9. The number of azide groups is 1. The average Bonchev–Trinajstić information content (AvgIpc) is 2.75. The summed E-state index contributed by atoms with van der Waals surface area (Å²) in [6, 6.07) is 0. The second kappa shape index (κ2) is 8.55. The van der Waals surface area contributed by atoms with Crippen molar-refractivity contribution in [2.75, 3.05) is 13.2 Å². The summed E-state index contributed by atoms with van der Waals surface area (Å²) < 4.78 is 9.15. The summed E-state index contributed by atoms with van der Waals surface area (Å²) in [4.78, 5) is 2.45. The van der Waals surface area contributed by atoms with E-state index in [2.05, 4.69) is 19.5 Å². The summed E-state index contributed by atoms with van der Waals surface area (Å²) in [7, 11) is 0. The molecule has 0 aromatic heterocycles. The fourth-order valence-corrected chi connectivity index (χ4v) is 1.79. The van der Waals surface area contributed by atoms with Crippen molar-refractivity contribution in [2.45, 2.75) is 49.2 Å². The molecule has 0 spiro atoms. The minimum Gasteiger partial charge on any atom is -0.388 e. The van der Waals surface area contributed by atoms with Crippen LogP contribution in [0.1, 0.15) is 0 Å². The van der Waals surface area contributed by atoms with Crippen LogP contribution in [-0.4, -0.2) is 98.1 Å². The van der Waals surface area contributed by atoms with Crippen LogP contribution in [0.4, 0.5) is 0 Å². The van der Waals surface area contributed by atoms with Crippen LogP contribution < -0.4 is 0 Å². The van der Waals surface area contributed by atoms with Crippen LogP contribution in [0.5, 0.6) is 0 Å². The molecule has 0 aliphatic carbocycles. The van der Waals surface area contributed by atoms with Crippen LogP contribution in [0, 0.1) is 0 Å². The minimum absolute atomic E-state index is 0.105. The summed E-state index contributed by atoms with van der Waals surface area (Å²) in [5.74, 6) is 0. The van der Waals surface area contributed by atoms with Crippen molar-refractivity contribution in [3.63, 3.8) is 0 Å². The molecule has 22 heavy (non-hydrogen) atoms. The molecule has 2 fully saturated rings. The summed E-state index contributed by atoms with van der Waals surface area (Å²) in [6.45, 7) is -0.259. The fourth-order valence-electron chi connectivity index (χ4n) is 1.79. The van der Waals surface area contributed by atoms with Gasteiger partial charge in [-0.15, -0.1) is 0 Å². The topological polar surface area (TPSA) is 209 Å². The van der Waals surface area contributed by atoms with E-state index in [1.165, 1.54) is 0 Å². The second-order valence-electron chi connectivity index (χ2n) is 4.73. The number of hydrogen-bond donors (Lipinski definition) is 7. The highest BCUT2D eigenvalue weighted by Gasteiger charge is 2.41. The van der Waals surface area contributed by atoms with Crippen molar-refractivity contribution in [3.8, 4) is 0 Å². The molecule has 8 atom stereocenters. The van der Waals surface area contributed by atoms with E-state index >= 15 is 0 Å². The third kappa shape index (κ3) is 4.72. The van der Waals surface area contributed by atoms with Gasteiger partial charge in [-0.05, 0) is 5.53 Å². The van der Waals surface area contributed by atoms with Crippen LogP contribution in [0.2, 0.25) is 0 Å². The largest absolute Gasteiger partial charge is 0.388 e. The van der Waals surface area contributed by atoms with Crippen molar-refractivity contribution in [1.29, 1.82) is 0 Å². The Morgan fingerprint density at radius 2 is 1.50 bits per heavy atom. The van der Waals surface area contributed by atoms with Crippen LogP contribution in [0.3, 0.4) is 0 Å². The van der Waals surface area contributed by atoms with Gasteiger partial charge in [-0.3, -0.25) is 0 Å². The molecule has 4 unspecified atom stereocenters. The zero-order chi connectivity index (χ0) is 16.9. The summed E-state index contributed by atoms with van der Waals surface area (Å²) in [6.07, 6.45) is -10.00. The van der Waals surface area contributed by atoms with Gasteiger partial charge in [0.1, 0.15) is 30.5 Å². The molecule has 2 aliphatic heterocycles. The molecule has 7 N–H and O–H groups in total. The smallest absolute Gasteiger partial charge is 0.183 e. The Bertz CT molecular complexity index is 380. The van der Waals surface area contributed by atoms with Gasteiger partial charge in [-0.25, -0.2) is 0 Å². The van der Waals surface area contributed by atoms with Crippen molar-refractivity contribution in [2.24, 2.45) is 5.11 Å². The van der Waals surface area contributed by atoms with Gasteiger partial charge in [0.05, 0.1) is 19.3 Å². The maximum atomic E-state index is 9.14. The fraction of sp³-hybridized carbons (Fsp3) is 1.00. The monoisotopic (exact) mass is 325 g/mol. The number of aliphatic hydroxyl groups is 7. The maximum Gasteiger partial charge on any atom is 0.183 e. The number of nitrogens with zero attached hydrogens (tertiary/aromatic N) is 3. The Kier molecular flexibility index (Phi) is 7.38. The Labute approximate surface area is 124 Å². The second-order valence-corrected chi connectivity index (χ2v) is 4.73. The van der Waals surface area contributed by atoms with Crippen molar-refractivity contribution >= 4 is 0 Å². The quantitative estimate of drug-likeness (QED) is 0.150. The average molecular weight is 325 g/mol. The van der Waals surface area contributed by atoms with E-state index in [0.717, 1.165) is 0 Å². The predicted molar refractivity (Wildman–Crippen MR) is 66.9 cm³/mol. The third-order valence-corrected chi connectivity index (χ3v) is 3.14. The standard InChI is InChI=1S/C5H9N3O4.C5H10O5/c6-8-7-1-2-3(9)4(10)5(11)12-2;6-2-1-10-5(9)4(8)3(2)7/h2-5,9-11H,1H2;2-9H,1H2/t2?,3-,4?,5?;2-,3+,4?,5+/m01/s1. The molecule has 0 bridgehead atoms. The van der Waals surface area contributed by atoms with E-state index in [9.17, 15) is 0 Å². The Morgan fingerprint density at radius 1 is 0.909 bits per heavy atom. The molecule has 2 saturated heterocycles. The molecule has 0 radical (unpaired) electrons. The van der Waals surface area contributed by atoms with Crippen LogP contribution in [-0.2, 0) is 9.47 Å². The first kappa shape index (κ1) is 19.0. The maximum absolute atomic E-state index is 9.14. The minimum atomic E-state index is -1.41. The molecule has 12 heteroatoms. The first-order chi connectivity index (χ1) is 10.3. The molecular weight excluding hydrogens is 306 g/mol. The number of hydrogen-bond acceptors (Lipinski definition) is 10. The van der Waals surface area contributed by atoms with Gasteiger partial charge in [0.15, 0.2) is 12.6 Å². The zero-order valence-corrected chi connectivity index (χ0v) is 11.3. The lowest BCUT2D eigenvalue weighted by atomic mass is 10.1. The number of rotatable bonds is 2. The van der Waals surface area contributed by atoms with Gasteiger partial charge >= 0.3 is 0 Å². The zero-order valence-electron chi connectivity index (χ0n) is 11.3. The van der Waals surface area contributed by atoms with Crippen LogP contribution >= 0.6 is 0 Å². The Balaban J connectivity index is 0.000000224. The van der Waals surface area contributed by atoms with Gasteiger partial charge in [0.25, 0.3) is 0 Å². The van der Waals surface area contributed by atoms with Crippen molar-refractivity contribution < 1.29 is 45.2 Å². The molecule has 2 heterocycles. The number of ether oxygens (including phenoxy) is 2. The number of aliphatic hydroxyl groups excluding tert-OH is 7. The summed E-state index contributed by atoms with van der Waals surface area (Å²) in [5, 5.41) is 65.4. The molecule has 12 nitrogen and oxygen atoms in total. The lowest BCUT2D eigenvalue weighted by molar-refractivity contribution is -0.252. The normalized spacial score (nSPS) is 44.7. The van der Waals surface area contributed by atoms with Crippen LogP contribution in [0.15, 0.2) is 5.11 Å². The Hall–Kier alpha value is -1.05. The molecule has 0 saturated carbocycles. The molecule has 0 aromatic rings. The highest BCUT2D eigenvalue weighted by molar-refractivity contribution is 4.86. The van der Waals surface area contributed by atoms with E-state index in [4.69, 9.17) is 41.3 Å². The molecule has 128 valence electrons. The van der Waals surface area contributed by atoms with Crippen LogP contribution in [0.25, 0.3) is 10.4 Å². The Morgan fingerprint density at radius 3 is 1.95 bits per heavy atom. The molecule has 0 aromatic carbocycles. The lowest BCUT2D eigenvalue weighted by Gasteiger charge is -2.31. The first-order valence-corrected chi connectivity index (χ1v) is 6.34. The van der Waals surface area contributed by atoms with Gasteiger partial charge in [0.2, 0.25) is 0 Å². The van der Waals surface area contributed by atoms with E-state index < -0.39 is 49.2 Å². The van der Waals surface area contributed by atoms with E-state index in [1.54, 1.807) is 0 Å². The first-order valence-electron chi connectivity index (χ1n) is 6.34.